The Balaban J connectivity index is 1.83. The van der Waals surface area contributed by atoms with Crippen LogP contribution >= 0.6 is 23.8 Å². The number of halogens is 1. The summed E-state index contributed by atoms with van der Waals surface area (Å²) in [5.74, 6) is 0.855. The van der Waals surface area contributed by atoms with Gasteiger partial charge in [0, 0.05) is 43.6 Å². The number of benzene rings is 1. The highest BCUT2D eigenvalue weighted by atomic mass is 35.5. The Kier molecular flexibility index (Phi) is 9.09. The van der Waals surface area contributed by atoms with E-state index >= 15 is 0 Å². The Morgan fingerprint density at radius 1 is 1.35 bits per heavy atom. The minimum absolute atomic E-state index is 0.0435. The highest BCUT2D eigenvalue weighted by Crippen LogP contribution is 2.33. The molecule has 1 unspecified atom stereocenters. The van der Waals surface area contributed by atoms with E-state index in [1.165, 1.54) is 7.11 Å². The van der Waals surface area contributed by atoms with Crippen molar-refractivity contribution in [3.63, 3.8) is 0 Å². The molecular formula is C24H29ClN4O4S. The maximum atomic E-state index is 12.9. The summed E-state index contributed by atoms with van der Waals surface area (Å²) < 4.78 is 16.5. The van der Waals surface area contributed by atoms with E-state index in [9.17, 15) is 4.79 Å². The lowest BCUT2D eigenvalue weighted by Crippen LogP contribution is -2.44. The zero-order chi connectivity index (χ0) is 24.7. The fraction of sp³-hybridized carbons (Fsp3) is 0.375. The van der Waals surface area contributed by atoms with Gasteiger partial charge >= 0.3 is 0 Å². The van der Waals surface area contributed by atoms with Crippen molar-refractivity contribution in [3.8, 4) is 11.5 Å². The van der Waals surface area contributed by atoms with Crippen molar-refractivity contribution in [3.05, 3.63) is 58.5 Å². The van der Waals surface area contributed by atoms with E-state index in [4.69, 9.17) is 38.0 Å². The SMILES string of the molecule is COc1c(Cl)cccc1NC(=S)C1=C(NCc2ccncc2OCC(C)OC)C[C@@H](C)NC1=O. The molecule has 3 rings (SSSR count). The van der Waals surface area contributed by atoms with Crippen molar-refractivity contribution in [2.75, 3.05) is 26.1 Å². The molecule has 10 heteroatoms. The van der Waals surface area contributed by atoms with Gasteiger partial charge < -0.3 is 30.2 Å². The van der Waals surface area contributed by atoms with Crippen LogP contribution in [0, 0.1) is 0 Å². The molecule has 1 amide bonds. The minimum atomic E-state index is -0.250. The molecule has 2 heterocycles. The molecule has 1 aliphatic rings. The number of para-hydroxylation sites is 1. The molecule has 0 fully saturated rings. The zero-order valence-electron chi connectivity index (χ0n) is 19.6. The van der Waals surface area contributed by atoms with E-state index in [1.807, 2.05) is 19.9 Å². The molecule has 3 N–H and O–H groups in total. The number of hydrogen-bond donors (Lipinski definition) is 3. The number of rotatable bonds is 10. The van der Waals surface area contributed by atoms with Crippen molar-refractivity contribution in [1.82, 2.24) is 15.6 Å². The second-order valence-corrected chi connectivity index (χ2v) is 8.72. The number of pyridine rings is 1. The van der Waals surface area contributed by atoms with Crippen molar-refractivity contribution in [1.29, 1.82) is 0 Å². The molecule has 0 bridgehead atoms. The highest BCUT2D eigenvalue weighted by molar-refractivity contribution is 7.81. The number of anilines is 1. The van der Waals surface area contributed by atoms with E-state index in [2.05, 4.69) is 20.9 Å². The van der Waals surface area contributed by atoms with Gasteiger partial charge in [0.2, 0.25) is 0 Å². The van der Waals surface area contributed by atoms with Crippen LogP contribution < -0.4 is 25.4 Å². The lowest BCUT2D eigenvalue weighted by Gasteiger charge is -2.27. The summed E-state index contributed by atoms with van der Waals surface area (Å²) in [5, 5.41) is 9.89. The van der Waals surface area contributed by atoms with Crippen molar-refractivity contribution < 1.29 is 19.0 Å². The summed E-state index contributed by atoms with van der Waals surface area (Å²) in [7, 11) is 3.16. The fourth-order valence-electron chi connectivity index (χ4n) is 3.45. The first-order chi connectivity index (χ1) is 16.3. The molecule has 34 heavy (non-hydrogen) atoms. The van der Waals surface area contributed by atoms with Gasteiger partial charge in [-0.2, -0.15) is 0 Å². The first kappa shape index (κ1) is 25.7. The molecule has 182 valence electrons. The van der Waals surface area contributed by atoms with Crippen LogP contribution in [0.25, 0.3) is 0 Å². The fourth-order valence-corrected chi connectivity index (χ4v) is 4.03. The second-order valence-electron chi connectivity index (χ2n) is 7.90. The third kappa shape index (κ3) is 6.37. The number of hydrogen-bond acceptors (Lipinski definition) is 7. The van der Waals surface area contributed by atoms with E-state index in [-0.39, 0.29) is 23.0 Å². The van der Waals surface area contributed by atoms with Gasteiger partial charge in [-0.3, -0.25) is 9.78 Å². The number of thiocarbonyl (C=S) groups is 1. The zero-order valence-corrected chi connectivity index (χ0v) is 21.2. The molecule has 8 nitrogen and oxygen atoms in total. The maximum absolute atomic E-state index is 12.9. The smallest absolute Gasteiger partial charge is 0.256 e. The van der Waals surface area contributed by atoms with Crippen molar-refractivity contribution in [2.24, 2.45) is 0 Å². The number of amides is 1. The van der Waals surface area contributed by atoms with Gasteiger partial charge in [0.1, 0.15) is 17.3 Å². The number of nitrogens with zero attached hydrogens (tertiary/aromatic N) is 1. The van der Waals surface area contributed by atoms with E-state index in [0.717, 1.165) is 11.3 Å². The average Bonchev–Trinajstić information content (AvgIpc) is 2.81. The maximum Gasteiger partial charge on any atom is 0.256 e. The van der Waals surface area contributed by atoms with Crippen molar-refractivity contribution in [2.45, 2.75) is 39.0 Å². The quantitative estimate of drug-likeness (QED) is 0.420. The molecule has 0 saturated carbocycles. The minimum Gasteiger partial charge on any atom is -0.493 e. The lowest BCUT2D eigenvalue weighted by atomic mass is 10.0. The van der Waals surface area contributed by atoms with E-state index in [0.29, 0.717) is 47.4 Å². The van der Waals surface area contributed by atoms with Crippen LogP contribution in [-0.2, 0) is 16.1 Å². The molecule has 0 aliphatic carbocycles. The summed E-state index contributed by atoms with van der Waals surface area (Å²) in [6.45, 7) is 4.70. The second kappa shape index (κ2) is 12.0. The predicted molar refractivity (Wildman–Crippen MR) is 137 cm³/mol. The Morgan fingerprint density at radius 3 is 2.88 bits per heavy atom. The molecule has 2 aromatic rings. The molecular weight excluding hydrogens is 476 g/mol. The van der Waals surface area contributed by atoms with Crippen LogP contribution in [0.1, 0.15) is 25.8 Å². The molecule has 0 radical (unpaired) electrons. The van der Waals surface area contributed by atoms with Crippen molar-refractivity contribution >= 4 is 40.4 Å². The standard InChI is InChI=1S/C24H29ClN4O4S/c1-14-10-19(27-11-16-8-9-26-12-20(16)33-13-15(2)31-3)21(23(30)28-14)24(34)29-18-7-5-6-17(25)22(18)32-4/h5-9,12,14-15,27H,10-11,13H2,1-4H3,(H,28,30)(H,29,34)/t14-,15?/m1/s1. The Morgan fingerprint density at radius 2 is 2.15 bits per heavy atom. The molecule has 0 saturated heterocycles. The molecule has 1 aromatic heterocycles. The molecule has 1 aliphatic heterocycles. The van der Waals surface area contributed by atoms with Gasteiger partial charge in [-0.1, -0.05) is 29.9 Å². The first-order valence-electron chi connectivity index (χ1n) is 10.8. The third-order valence-corrected chi connectivity index (χ3v) is 5.91. The van der Waals surface area contributed by atoms with Gasteiger partial charge in [0.15, 0.2) is 5.75 Å². The normalized spacial score (nSPS) is 16.5. The van der Waals surface area contributed by atoms with Gasteiger partial charge in [-0.25, -0.2) is 0 Å². The van der Waals surface area contributed by atoms with Crippen LogP contribution in [0.2, 0.25) is 5.02 Å². The number of nitrogens with one attached hydrogen (secondary N) is 3. The average molecular weight is 505 g/mol. The van der Waals surface area contributed by atoms with Crippen LogP contribution in [-0.4, -0.2) is 48.9 Å². The third-order valence-electron chi connectivity index (χ3n) is 5.30. The van der Waals surface area contributed by atoms with Crippen LogP contribution in [0.4, 0.5) is 5.69 Å². The van der Waals surface area contributed by atoms with Crippen LogP contribution in [0.3, 0.4) is 0 Å². The molecule has 2 atom stereocenters. The Labute approximate surface area is 210 Å². The van der Waals surface area contributed by atoms with Gasteiger partial charge in [-0.15, -0.1) is 0 Å². The predicted octanol–water partition coefficient (Wildman–Crippen LogP) is 3.85. The summed E-state index contributed by atoms with van der Waals surface area (Å²) in [6, 6.07) is 7.12. The summed E-state index contributed by atoms with van der Waals surface area (Å²) in [6.07, 6.45) is 3.91. The number of aromatic nitrogens is 1. The number of ether oxygens (including phenoxy) is 3. The number of carbonyl (C=O) groups excluding carboxylic acids is 1. The number of carbonyl (C=O) groups is 1. The summed E-state index contributed by atoms with van der Waals surface area (Å²) in [4.78, 5) is 17.3. The van der Waals surface area contributed by atoms with E-state index < -0.39 is 0 Å². The largest absolute Gasteiger partial charge is 0.493 e. The first-order valence-corrected chi connectivity index (χ1v) is 11.6. The van der Waals surface area contributed by atoms with Crippen LogP contribution in [0.5, 0.6) is 11.5 Å². The Bertz CT molecular complexity index is 1080. The molecule has 0 spiro atoms. The summed E-state index contributed by atoms with van der Waals surface area (Å²) >= 11 is 11.8. The van der Waals surface area contributed by atoms with Gasteiger partial charge in [0.25, 0.3) is 5.91 Å². The number of methoxy groups -OCH3 is 2. The van der Waals surface area contributed by atoms with E-state index in [1.54, 1.807) is 37.7 Å². The van der Waals surface area contributed by atoms with Crippen LogP contribution in [0.15, 0.2) is 47.9 Å². The monoisotopic (exact) mass is 504 g/mol. The molecule has 1 aromatic carbocycles. The lowest BCUT2D eigenvalue weighted by molar-refractivity contribution is -0.118. The summed E-state index contributed by atoms with van der Waals surface area (Å²) in [5.41, 5.74) is 2.59. The van der Waals surface area contributed by atoms with Gasteiger partial charge in [0.05, 0.1) is 35.7 Å². The van der Waals surface area contributed by atoms with Gasteiger partial charge in [-0.05, 0) is 32.0 Å². The topological polar surface area (TPSA) is 93.7 Å². The Hall–Kier alpha value is -2.88. The highest BCUT2D eigenvalue weighted by Gasteiger charge is 2.28.